The fourth-order valence-electron chi connectivity index (χ4n) is 4.46. The van der Waals surface area contributed by atoms with Gasteiger partial charge in [-0.05, 0) is 49.1 Å². The Morgan fingerprint density at radius 1 is 1.11 bits per heavy atom. The number of aliphatic carboxylic acids is 1. The minimum Gasteiger partial charge on any atom is -0.481 e. The summed E-state index contributed by atoms with van der Waals surface area (Å²) in [5.41, 5.74) is 2.07. The van der Waals surface area contributed by atoms with E-state index >= 15 is 0 Å². The number of carboxylic acids is 1. The van der Waals surface area contributed by atoms with Crippen LogP contribution in [0.5, 0.6) is 0 Å². The number of nitrogens with one attached hydrogen (secondary N) is 3. The molecule has 4 amide bonds. The number of piperazine rings is 1. The summed E-state index contributed by atoms with van der Waals surface area (Å²) in [6, 6.07) is 7.27. The Hall–Kier alpha value is -4.15. The number of aromatic nitrogens is 1. The van der Waals surface area contributed by atoms with Crippen molar-refractivity contribution in [3.8, 4) is 0 Å². The number of rotatable bonds is 10. The lowest BCUT2D eigenvalue weighted by molar-refractivity contribution is -0.137. The van der Waals surface area contributed by atoms with Gasteiger partial charge in [-0.2, -0.15) is 0 Å². The summed E-state index contributed by atoms with van der Waals surface area (Å²) in [5, 5.41) is 17.8. The number of hydrogen-bond acceptors (Lipinski definition) is 6. The first-order valence-corrected chi connectivity index (χ1v) is 13.0. The SMILES string of the molecule is CCCNC(=O)Nc1cc(C(=O)NC(CC(=O)O)c2cccnc2)ccc1N1CCN(C(=O)C2CC2)CC1. The third kappa shape index (κ3) is 6.99. The Kier molecular flexibility index (Phi) is 8.77. The molecular formula is C27H34N6O5. The van der Waals surface area contributed by atoms with Gasteiger partial charge >= 0.3 is 12.0 Å². The fraction of sp³-hybridized carbons (Fsp3) is 0.444. The van der Waals surface area contributed by atoms with Crippen molar-refractivity contribution in [2.45, 2.75) is 38.6 Å². The van der Waals surface area contributed by atoms with E-state index in [1.807, 2.05) is 11.8 Å². The molecule has 0 radical (unpaired) electrons. The average molecular weight is 523 g/mol. The van der Waals surface area contributed by atoms with Crippen molar-refractivity contribution in [2.75, 3.05) is 42.9 Å². The number of carbonyl (C=O) groups excluding carboxylic acids is 3. The van der Waals surface area contributed by atoms with E-state index in [9.17, 15) is 24.3 Å². The maximum Gasteiger partial charge on any atom is 0.319 e. The van der Waals surface area contributed by atoms with Crippen LogP contribution in [0.2, 0.25) is 0 Å². The second kappa shape index (κ2) is 12.4. The van der Waals surface area contributed by atoms with Crippen LogP contribution in [0.15, 0.2) is 42.7 Å². The molecule has 11 nitrogen and oxygen atoms in total. The molecule has 2 heterocycles. The smallest absolute Gasteiger partial charge is 0.319 e. The number of amides is 4. The maximum atomic E-state index is 13.2. The molecule has 1 aliphatic carbocycles. The van der Waals surface area contributed by atoms with E-state index in [1.54, 1.807) is 36.5 Å². The molecular weight excluding hydrogens is 488 g/mol. The molecule has 2 aliphatic rings. The van der Waals surface area contributed by atoms with Gasteiger partial charge in [-0.15, -0.1) is 0 Å². The molecule has 1 saturated carbocycles. The van der Waals surface area contributed by atoms with Crippen molar-refractivity contribution in [3.05, 3.63) is 53.9 Å². The zero-order valence-corrected chi connectivity index (χ0v) is 21.5. The first-order chi connectivity index (χ1) is 18.4. The molecule has 0 spiro atoms. The Labute approximate surface area is 221 Å². The maximum absolute atomic E-state index is 13.2. The van der Waals surface area contributed by atoms with E-state index in [4.69, 9.17) is 0 Å². The molecule has 1 unspecified atom stereocenters. The number of pyridine rings is 1. The van der Waals surface area contributed by atoms with E-state index in [-0.39, 0.29) is 29.8 Å². The summed E-state index contributed by atoms with van der Waals surface area (Å²) in [5.74, 6) is -1.12. The predicted octanol–water partition coefficient (Wildman–Crippen LogP) is 2.62. The Morgan fingerprint density at radius 2 is 1.87 bits per heavy atom. The molecule has 1 atom stereocenters. The van der Waals surface area contributed by atoms with Gasteiger partial charge in [-0.3, -0.25) is 19.4 Å². The largest absolute Gasteiger partial charge is 0.481 e. The summed E-state index contributed by atoms with van der Waals surface area (Å²) >= 11 is 0. The number of carboxylic acid groups (broad SMARTS) is 1. The van der Waals surface area contributed by atoms with Gasteiger partial charge in [0.25, 0.3) is 5.91 Å². The molecule has 1 saturated heterocycles. The molecule has 11 heteroatoms. The molecule has 4 rings (SSSR count). The van der Waals surface area contributed by atoms with E-state index in [1.165, 1.54) is 6.20 Å². The van der Waals surface area contributed by atoms with E-state index in [2.05, 4.69) is 25.8 Å². The molecule has 38 heavy (non-hydrogen) atoms. The highest BCUT2D eigenvalue weighted by atomic mass is 16.4. The quantitative estimate of drug-likeness (QED) is 0.375. The van der Waals surface area contributed by atoms with Gasteiger partial charge in [0.2, 0.25) is 5.91 Å². The molecule has 1 aliphatic heterocycles. The van der Waals surface area contributed by atoms with Crippen LogP contribution in [0.25, 0.3) is 0 Å². The van der Waals surface area contributed by atoms with E-state index < -0.39 is 17.9 Å². The van der Waals surface area contributed by atoms with Gasteiger partial charge in [0, 0.05) is 56.6 Å². The molecule has 4 N–H and O–H groups in total. The minimum atomic E-state index is -1.05. The first kappa shape index (κ1) is 26.9. The standard InChI is InChI=1S/C27H34N6O5/c1-2-9-29-27(38)31-22-15-19(25(36)30-21(16-24(34)35)20-4-3-10-28-17-20)7-8-23(22)32-11-13-33(14-12-32)26(37)18-5-6-18/h3-4,7-8,10,15,17-18,21H,2,5-6,9,11-14,16H2,1H3,(H,30,36)(H,34,35)(H2,29,31,38). The lowest BCUT2D eigenvalue weighted by Crippen LogP contribution is -2.49. The van der Waals surface area contributed by atoms with E-state index in [0.29, 0.717) is 44.0 Å². The monoisotopic (exact) mass is 522 g/mol. The van der Waals surface area contributed by atoms with Crippen molar-refractivity contribution in [1.82, 2.24) is 20.5 Å². The number of carbonyl (C=O) groups is 4. The predicted molar refractivity (Wildman–Crippen MR) is 142 cm³/mol. The number of hydrogen-bond donors (Lipinski definition) is 4. The average Bonchev–Trinajstić information content (AvgIpc) is 3.77. The van der Waals surface area contributed by atoms with Crippen LogP contribution >= 0.6 is 0 Å². The zero-order chi connectivity index (χ0) is 27.1. The topological polar surface area (TPSA) is 144 Å². The minimum absolute atomic E-state index is 0.176. The molecule has 1 aromatic heterocycles. The van der Waals surface area contributed by atoms with Gasteiger partial charge < -0.3 is 30.9 Å². The second-order valence-electron chi connectivity index (χ2n) is 9.61. The summed E-state index contributed by atoms with van der Waals surface area (Å²) in [4.78, 5) is 57.6. The third-order valence-electron chi connectivity index (χ3n) is 6.67. The van der Waals surface area contributed by atoms with Gasteiger partial charge in [0.15, 0.2) is 0 Å². The van der Waals surface area contributed by atoms with Crippen molar-refractivity contribution < 1.29 is 24.3 Å². The van der Waals surface area contributed by atoms with Crippen molar-refractivity contribution >= 4 is 35.2 Å². The van der Waals surface area contributed by atoms with Crippen molar-refractivity contribution in [1.29, 1.82) is 0 Å². The molecule has 202 valence electrons. The zero-order valence-electron chi connectivity index (χ0n) is 21.5. The molecule has 2 aromatic rings. The van der Waals surface area contributed by atoms with Crippen molar-refractivity contribution in [2.24, 2.45) is 5.92 Å². The van der Waals surface area contributed by atoms with Crippen LogP contribution in [0.1, 0.15) is 54.6 Å². The molecule has 1 aromatic carbocycles. The molecule has 0 bridgehead atoms. The summed E-state index contributed by atoms with van der Waals surface area (Å²) in [6.07, 6.45) is 5.51. The lowest BCUT2D eigenvalue weighted by Gasteiger charge is -2.37. The highest BCUT2D eigenvalue weighted by Gasteiger charge is 2.35. The van der Waals surface area contributed by atoms with E-state index in [0.717, 1.165) is 24.9 Å². The number of anilines is 2. The lowest BCUT2D eigenvalue weighted by atomic mass is 10.0. The third-order valence-corrected chi connectivity index (χ3v) is 6.67. The van der Waals surface area contributed by atoms with Crippen LogP contribution < -0.4 is 20.9 Å². The number of nitrogens with zero attached hydrogens (tertiary/aromatic N) is 3. The van der Waals surface area contributed by atoms with Crippen LogP contribution in [-0.2, 0) is 9.59 Å². The summed E-state index contributed by atoms with van der Waals surface area (Å²) in [7, 11) is 0. The summed E-state index contributed by atoms with van der Waals surface area (Å²) in [6.45, 7) is 4.87. The number of urea groups is 1. The molecule has 2 fully saturated rings. The van der Waals surface area contributed by atoms with Crippen LogP contribution in [0.4, 0.5) is 16.2 Å². The fourth-order valence-corrected chi connectivity index (χ4v) is 4.46. The van der Waals surface area contributed by atoms with Crippen LogP contribution in [-0.4, -0.2) is 71.5 Å². The summed E-state index contributed by atoms with van der Waals surface area (Å²) < 4.78 is 0. The van der Waals surface area contributed by atoms with Crippen LogP contribution in [0.3, 0.4) is 0 Å². The van der Waals surface area contributed by atoms with Gasteiger partial charge in [0.05, 0.1) is 23.8 Å². The Bertz CT molecular complexity index is 1160. The Morgan fingerprint density at radius 3 is 2.50 bits per heavy atom. The van der Waals surface area contributed by atoms with Crippen LogP contribution in [0, 0.1) is 5.92 Å². The highest BCUT2D eigenvalue weighted by molar-refractivity contribution is 6.00. The van der Waals surface area contributed by atoms with Gasteiger partial charge in [0.1, 0.15) is 0 Å². The normalized spacial score (nSPS) is 15.9. The first-order valence-electron chi connectivity index (χ1n) is 13.0. The highest BCUT2D eigenvalue weighted by Crippen LogP contribution is 2.33. The second-order valence-corrected chi connectivity index (χ2v) is 9.61. The van der Waals surface area contributed by atoms with Gasteiger partial charge in [-0.25, -0.2) is 4.79 Å². The van der Waals surface area contributed by atoms with Crippen molar-refractivity contribution in [3.63, 3.8) is 0 Å². The number of benzene rings is 1. The Balaban J connectivity index is 1.53. The van der Waals surface area contributed by atoms with Gasteiger partial charge in [-0.1, -0.05) is 13.0 Å².